The van der Waals surface area contributed by atoms with Gasteiger partial charge in [0.1, 0.15) is 16.9 Å². The normalized spacial score (nSPS) is 14.9. The number of amides is 1. The lowest BCUT2D eigenvalue weighted by molar-refractivity contribution is 0.0240. The van der Waals surface area contributed by atoms with Gasteiger partial charge in [0, 0.05) is 49.5 Å². The molecule has 0 bridgehead atoms. The molecule has 0 unspecified atom stereocenters. The molecule has 1 aliphatic rings. The topological polar surface area (TPSA) is 91.7 Å². The van der Waals surface area contributed by atoms with Crippen LogP contribution in [0.1, 0.15) is 26.3 Å². The van der Waals surface area contributed by atoms with E-state index in [1.54, 1.807) is 11.1 Å². The van der Waals surface area contributed by atoms with Crippen LogP contribution in [0.15, 0.2) is 39.7 Å². The summed E-state index contributed by atoms with van der Waals surface area (Å²) in [6.07, 6.45) is 1.46. The molecular formula is C22H26N4O4. The number of ether oxygens (including phenoxy) is 1. The largest absolute Gasteiger partial charge is 0.444 e. The number of carbonyl (C=O) groups is 1. The molecule has 1 aliphatic heterocycles. The maximum atomic E-state index is 12.5. The summed E-state index contributed by atoms with van der Waals surface area (Å²) in [6, 6.07) is 7.64. The second-order valence-corrected chi connectivity index (χ2v) is 8.54. The van der Waals surface area contributed by atoms with Crippen LogP contribution < -0.4 is 10.5 Å². The Morgan fingerprint density at radius 2 is 1.90 bits per heavy atom. The molecule has 0 radical (unpaired) electrons. The van der Waals surface area contributed by atoms with Crippen LogP contribution in [0.25, 0.3) is 22.2 Å². The van der Waals surface area contributed by atoms with E-state index in [9.17, 15) is 9.59 Å². The fourth-order valence-electron chi connectivity index (χ4n) is 3.56. The molecule has 1 N–H and O–H groups in total. The van der Waals surface area contributed by atoms with Gasteiger partial charge in [0.05, 0.1) is 5.56 Å². The average molecular weight is 410 g/mol. The van der Waals surface area contributed by atoms with Crippen molar-refractivity contribution < 1.29 is 13.9 Å². The number of anilines is 1. The Morgan fingerprint density at radius 1 is 1.17 bits per heavy atom. The van der Waals surface area contributed by atoms with Crippen LogP contribution in [0.5, 0.6) is 0 Å². The average Bonchev–Trinajstić information content (AvgIpc) is 3.11. The molecule has 8 heteroatoms. The zero-order valence-corrected chi connectivity index (χ0v) is 17.7. The Balaban J connectivity index is 1.52. The standard InChI is InChI=1S/C22H26N4O4/c1-14-13-23-24-19(14)17-11-15-5-6-16(12-18(15)29-20(17)27)25-7-9-26(10-8-25)21(28)30-22(2,3)4/h5-6,11-13H,7-10H2,1-4H3,(H,23,24). The van der Waals surface area contributed by atoms with E-state index in [2.05, 4.69) is 15.1 Å². The van der Waals surface area contributed by atoms with E-state index in [0.29, 0.717) is 43.0 Å². The van der Waals surface area contributed by atoms with Gasteiger partial charge in [0.25, 0.3) is 0 Å². The highest BCUT2D eigenvalue weighted by atomic mass is 16.6. The lowest BCUT2D eigenvalue weighted by atomic mass is 10.1. The van der Waals surface area contributed by atoms with Gasteiger partial charge in [-0.1, -0.05) is 0 Å². The number of aromatic nitrogens is 2. The van der Waals surface area contributed by atoms with Crippen LogP contribution >= 0.6 is 0 Å². The van der Waals surface area contributed by atoms with Crippen molar-refractivity contribution >= 4 is 22.7 Å². The summed E-state index contributed by atoms with van der Waals surface area (Å²) in [5.74, 6) is 0. The Kier molecular flexibility index (Phi) is 5.01. The minimum Gasteiger partial charge on any atom is -0.444 e. The molecule has 1 aromatic carbocycles. The summed E-state index contributed by atoms with van der Waals surface area (Å²) in [7, 11) is 0. The molecular weight excluding hydrogens is 384 g/mol. The van der Waals surface area contributed by atoms with Gasteiger partial charge < -0.3 is 19.0 Å². The van der Waals surface area contributed by atoms with Crippen LogP contribution in [0.4, 0.5) is 10.5 Å². The number of H-pyrrole nitrogens is 1. The number of benzene rings is 1. The van der Waals surface area contributed by atoms with E-state index in [-0.39, 0.29) is 6.09 Å². The monoisotopic (exact) mass is 410 g/mol. The number of hydrogen-bond acceptors (Lipinski definition) is 6. The third-order valence-electron chi connectivity index (χ3n) is 5.10. The Morgan fingerprint density at radius 3 is 2.53 bits per heavy atom. The van der Waals surface area contributed by atoms with E-state index < -0.39 is 11.2 Å². The van der Waals surface area contributed by atoms with E-state index in [0.717, 1.165) is 16.6 Å². The van der Waals surface area contributed by atoms with Gasteiger partial charge in [0.2, 0.25) is 0 Å². The van der Waals surface area contributed by atoms with Crippen LogP contribution in [0.3, 0.4) is 0 Å². The van der Waals surface area contributed by atoms with Crippen LogP contribution in [-0.4, -0.2) is 53.0 Å². The highest BCUT2D eigenvalue weighted by Gasteiger charge is 2.26. The van der Waals surface area contributed by atoms with Crippen molar-refractivity contribution in [3.63, 3.8) is 0 Å². The van der Waals surface area contributed by atoms with Crippen molar-refractivity contribution in [1.82, 2.24) is 15.1 Å². The lowest BCUT2D eigenvalue weighted by Crippen LogP contribution is -2.50. The summed E-state index contributed by atoms with van der Waals surface area (Å²) < 4.78 is 11.0. The molecule has 2 aromatic heterocycles. The fraction of sp³-hybridized carbons (Fsp3) is 0.409. The lowest BCUT2D eigenvalue weighted by Gasteiger charge is -2.36. The van der Waals surface area contributed by atoms with Crippen molar-refractivity contribution in [2.75, 3.05) is 31.1 Å². The summed E-state index contributed by atoms with van der Waals surface area (Å²) in [4.78, 5) is 28.7. The highest BCUT2D eigenvalue weighted by molar-refractivity contribution is 5.84. The first-order valence-electron chi connectivity index (χ1n) is 10.0. The minimum absolute atomic E-state index is 0.284. The Bertz CT molecular complexity index is 1130. The maximum Gasteiger partial charge on any atom is 0.410 e. The van der Waals surface area contributed by atoms with Crippen molar-refractivity contribution in [2.45, 2.75) is 33.3 Å². The number of piperazine rings is 1. The first kappa shape index (κ1) is 20.0. The van der Waals surface area contributed by atoms with E-state index in [1.165, 1.54) is 0 Å². The summed E-state index contributed by atoms with van der Waals surface area (Å²) in [6.45, 7) is 10.00. The number of hydrogen-bond donors (Lipinski definition) is 1. The SMILES string of the molecule is Cc1c[nH]nc1-c1cc2ccc(N3CCN(C(=O)OC(C)(C)C)CC3)cc2oc1=O. The van der Waals surface area contributed by atoms with Gasteiger partial charge in [-0.25, -0.2) is 9.59 Å². The molecule has 30 heavy (non-hydrogen) atoms. The molecule has 1 saturated heterocycles. The third kappa shape index (κ3) is 4.03. The van der Waals surface area contributed by atoms with Gasteiger partial charge in [0.15, 0.2) is 0 Å². The van der Waals surface area contributed by atoms with Gasteiger partial charge in [-0.05, 0) is 51.5 Å². The third-order valence-corrected chi connectivity index (χ3v) is 5.10. The van der Waals surface area contributed by atoms with Gasteiger partial charge in [-0.15, -0.1) is 0 Å². The molecule has 4 rings (SSSR count). The number of aryl methyl sites for hydroxylation is 1. The number of nitrogens with one attached hydrogen (secondary N) is 1. The summed E-state index contributed by atoms with van der Waals surface area (Å²) in [5, 5.41) is 7.76. The van der Waals surface area contributed by atoms with Crippen LogP contribution in [-0.2, 0) is 4.74 Å². The van der Waals surface area contributed by atoms with Crippen molar-refractivity contribution in [2.24, 2.45) is 0 Å². The number of carbonyl (C=O) groups excluding carboxylic acids is 1. The molecule has 0 spiro atoms. The van der Waals surface area contributed by atoms with Crippen molar-refractivity contribution in [3.8, 4) is 11.3 Å². The second kappa shape index (κ2) is 7.51. The maximum absolute atomic E-state index is 12.5. The van der Waals surface area contributed by atoms with Crippen LogP contribution in [0.2, 0.25) is 0 Å². The first-order chi connectivity index (χ1) is 14.2. The van der Waals surface area contributed by atoms with Crippen molar-refractivity contribution in [3.05, 3.63) is 46.4 Å². The number of nitrogens with zero attached hydrogens (tertiary/aromatic N) is 3. The molecule has 0 saturated carbocycles. The zero-order chi connectivity index (χ0) is 21.5. The predicted octanol–water partition coefficient (Wildman–Crippen LogP) is 3.55. The first-order valence-corrected chi connectivity index (χ1v) is 10.0. The molecule has 0 aliphatic carbocycles. The van der Waals surface area contributed by atoms with Crippen LogP contribution in [0, 0.1) is 6.92 Å². The molecule has 3 aromatic rings. The summed E-state index contributed by atoms with van der Waals surface area (Å²) >= 11 is 0. The Hall–Kier alpha value is -3.29. The highest BCUT2D eigenvalue weighted by Crippen LogP contribution is 2.26. The quantitative estimate of drug-likeness (QED) is 0.650. The Labute approximate surface area is 174 Å². The molecule has 3 heterocycles. The molecule has 1 amide bonds. The molecule has 158 valence electrons. The zero-order valence-electron chi connectivity index (χ0n) is 17.7. The van der Waals surface area contributed by atoms with Gasteiger partial charge >= 0.3 is 11.7 Å². The number of aromatic amines is 1. The minimum atomic E-state index is -0.503. The number of rotatable bonds is 2. The van der Waals surface area contributed by atoms with E-state index in [4.69, 9.17) is 9.15 Å². The van der Waals surface area contributed by atoms with Crippen molar-refractivity contribution in [1.29, 1.82) is 0 Å². The van der Waals surface area contributed by atoms with E-state index >= 15 is 0 Å². The van der Waals surface area contributed by atoms with E-state index in [1.807, 2.05) is 52.0 Å². The summed E-state index contributed by atoms with van der Waals surface area (Å²) in [5.41, 5.74) is 2.51. The number of fused-ring (bicyclic) bond motifs is 1. The predicted molar refractivity (Wildman–Crippen MR) is 115 cm³/mol. The molecule has 1 fully saturated rings. The molecule has 8 nitrogen and oxygen atoms in total. The van der Waals surface area contributed by atoms with Gasteiger partial charge in [-0.3, -0.25) is 5.10 Å². The second-order valence-electron chi connectivity index (χ2n) is 8.54. The fourth-order valence-corrected chi connectivity index (χ4v) is 3.56. The molecule has 0 atom stereocenters. The smallest absolute Gasteiger partial charge is 0.410 e. The van der Waals surface area contributed by atoms with Gasteiger partial charge in [-0.2, -0.15) is 5.10 Å².